The maximum atomic E-state index is 12.1. The number of methoxy groups -OCH3 is 1. The van der Waals surface area contributed by atoms with Crippen molar-refractivity contribution in [3.8, 4) is 0 Å². The molecule has 1 aromatic heterocycles. The molecular formula is C14H11N3O5. The average molecular weight is 301 g/mol. The van der Waals surface area contributed by atoms with Gasteiger partial charge in [0, 0.05) is 13.3 Å². The summed E-state index contributed by atoms with van der Waals surface area (Å²) in [5.74, 6) is -2.22. The van der Waals surface area contributed by atoms with Crippen molar-refractivity contribution in [1.29, 1.82) is 0 Å². The number of hydroxylamine groups is 2. The Hall–Kier alpha value is -3.00. The van der Waals surface area contributed by atoms with Crippen LogP contribution in [0.15, 0.2) is 36.5 Å². The third-order valence-electron chi connectivity index (χ3n) is 3.11. The molecule has 1 aliphatic rings. The number of rotatable bonds is 4. The van der Waals surface area contributed by atoms with E-state index in [0.29, 0.717) is 5.06 Å². The summed E-state index contributed by atoms with van der Waals surface area (Å²) in [5.41, 5.74) is 0.467. The topological polar surface area (TPSA) is 90.7 Å². The third kappa shape index (κ3) is 2.15. The highest BCUT2D eigenvalue weighted by atomic mass is 16.7. The van der Waals surface area contributed by atoms with E-state index < -0.39 is 17.8 Å². The number of carbonyl (C=O) groups excluding carboxylic acids is 3. The van der Waals surface area contributed by atoms with Crippen LogP contribution < -0.4 is 0 Å². The fourth-order valence-electron chi connectivity index (χ4n) is 2.11. The van der Waals surface area contributed by atoms with Crippen LogP contribution in [0, 0.1) is 0 Å². The maximum absolute atomic E-state index is 12.1. The van der Waals surface area contributed by atoms with Gasteiger partial charge in [-0.2, -0.15) is 5.10 Å². The van der Waals surface area contributed by atoms with Crippen LogP contribution in [0.2, 0.25) is 0 Å². The minimum atomic E-state index is -0.871. The van der Waals surface area contributed by atoms with E-state index in [1.54, 1.807) is 12.1 Å². The molecule has 0 saturated heterocycles. The first-order valence-electron chi connectivity index (χ1n) is 6.34. The van der Waals surface area contributed by atoms with Gasteiger partial charge >= 0.3 is 5.97 Å². The van der Waals surface area contributed by atoms with Crippen molar-refractivity contribution < 1.29 is 24.0 Å². The van der Waals surface area contributed by atoms with Crippen LogP contribution in [-0.4, -0.2) is 39.7 Å². The zero-order valence-corrected chi connectivity index (χ0v) is 11.6. The number of nitrogens with zero attached hydrogens (tertiary/aromatic N) is 3. The minimum Gasteiger partial charge on any atom is -0.362 e. The Morgan fingerprint density at radius 1 is 1.14 bits per heavy atom. The number of aromatic nitrogens is 2. The van der Waals surface area contributed by atoms with Gasteiger partial charge in [-0.1, -0.05) is 17.2 Å². The standard InChI is InChI=1S/C14H11N3O5/c1-21-8-16-11(6-7-15-16)14(20)22-17-12(18)9-4-2-3-5-10(9)13(17)19/h2-7H,8H2,1H3. The molecule has 0 unspecified atom stereocenters. The number of carbonyl (C=O) groups is 3. The lowest BCUT2D eigenvalue weighted by molar-refractivity contribution is -0.0596. The quantitative estimate of drug-likeness (QED) is 0.778. The first-order chi connectivity index (χ1) is 10.6. The summed E-state index contributed by atoms with van der Waals surface area (Å²) in [5, 5.41) is 4.34. The fourth-order valence-corrected chi connectivity index (χ4v) is 2.11. The molecule has 8 heteroatoms. The molecule has 0 saturated carbocycles. The SMILES string of the molecule is COCn1nccc1C(=O)ON1C(=O)c2ccccc2C1=O. The Morgan fingerprint density at radius 3 is 2.36 bits per heavy atom. The van der Waals surface area contributed by atoms with Crippen LogP contribution in [0.1, 0.15) is 31.2 Å². The van der Waals surface area contributed by atoms with Crippen molar-refractivity contribution in [3.05, 3.63) is 53.3 Å². The molecule has 1 aromatic carbocycles. The lowest BCUT2D eigenvalue weighted by Crippen LogP contribution is -2.33. The Labute approximate surface area is 124 Å². The van der Waals surface area contributed by atoms with E-state index in [1.165, 1.54) is 36.2 Å². The smallest absolute Gasteiger partial charge is 0.362 e. The van der Waals surface area contributed by atoms with Gasteiger partial charge in [0.1, 0.15) is 6.73 Å². The first-order valence-corrected chi connectivity index (χ1v) is 6.34. The van der Waals surface area contributed by atoms with Crippen molar-refractivity contribution >= 4 is 17.8 Å². The summed E-state index contributed by atoms with van der Waals surface area (Å²) in [6.07, 6.45) is 1.39. The molecule has 0 aliphatic carbocycles. The predicted octanol–water partition coefficient (Wildman–Crippen LogP) is 0.855. The number of hydrogen-bond acceptors (Lipinski definition) is 6. The minimum absolute atomic E-state index is 0.0412. The van der Waals surface area contributed by atoms with Crippen molar-refractivity contribution in [2.24, 2.45) is 0 Å². The summed E-state index contributed by atoms with van der Waals surface area (Å²) < 4.78 is 6.14. The molecule has 3 rings (SSSR count). The predicted molar refractivity (Wildman–Crippen MR) is 71.6 cm³/mol. The van der Waals surface area contributed by atoms with E-state index in [-0.39, 0.29) is 23.6 Å². The summed E-state index contributed by atoms with van der Waals surface area (Å²) in [7, 11) is 1.45. The maximum Gasteiger partial charge on any atom is 0.381 e. The van der Waals surface area contributed by atoms with Crippen LogP contribution in [0.5, 0.6) is 0 Å². The van der Waals surface area contributed by atoms with E-state index >= 15 is 0 Å². The second-order valence-electron chi connectivity index (χ2n) is 4.46. The molecule has 0 N–H and O–H groups in total. The zero-order chi connectivity index (χ0) is 15.7. The molecule has 112 valence electrons. The lowest BCUT2D eigenvalue weighted by Gasteiger charge is -2.13. The molecule has 0 atom stereocenters. The highest BCUT2D eigenvalue weighted by Gasteiger charge is 2.39. The van der Waals surface area contributed by atoms with E-state index in [4.69, 9.17) is 9.57 Å². The number of amides is 2. The summed E-state index contributed by atoms with van der Waals surface area (Å²) in [6, 6.07) is 7.66. The molecule has 0 fully saturated rings. The van der Waals surface area contributed by atoms with E-state index in [9.17, 15) is 14.4 Å². The van der Waals surface area contributed by atoms with Crippen LogP contribution in [0.25, 0.3) is 0 Å². The fraction of sp³-hybridized carbons (Fsp3) is 0.143. The van der Waals surface area contributed by atoms with Crippen molar-refractivity contribution in [2.45, 2.75) is 6.73 Å². The Morgan fingerprint density at radius 2 is 1.77 bits per heavy atom. The van der Waals surface area contributed by atoms with Gasteiger partial charge < -0.3 is 9.57 Å². The first kappa shape index (κ1) is 14.0. The summed E-state index contributed by atoms with van der Waals surface area (Å²) >= 11 is 0. The zero-order valence-electron chi connectivity index (χ0n) is 11.6. The second-order valence-corrected chi connectivity index (χ2v) is 4.46. The molecule has 8 nitrogen and oxygen atoms in total. The highest BCUT2D eigenvalue weighted by Crippen LogP contribution is 2.23. The summed E-state index contributed by atoms with van der Waals surface area (Å²) in [6.45, 7) is 0.0412. The van der Waals surface area contributed by atoms with Crippen LogP contribution in [-0.2, 0) is 16.3 Å². The Bertz CT molecular complexity index is 732. The van der Waals surface area contributed by atoms with Gasteiger partial charge in [-0.25, -0.2) is 9.48 Å². The number of fused-ring (bicyclic) bond motifs is 1. The van der Waals surface area contributed by atoms with Gasteiger partial charge in [0.25, 0.3) is 11.8 Å². The van der Waals surface area contributed by atoms with Crippen molar-refractivity contribution in [3.63, 3.8) is 0 Å². The molecule has 0 bridgehead atoms. The highest BCUT2D eigenvalue weighted by molar-refractivity contribution is 6.21. The second kappa shape index (κ2) is 5.41. The molecule has 0 spiro atoms. The monoisotopic (exact) mass is 301 g/mol. The molecule has 2 amide bonds. The average Bonchev–Trinajstić information content (AvgIpc) is 3.07. The van der Waals surface area contributed by atoms with E-state index in [1.807, 2.05) is 0 Å². The van der Waals surface area contributed by atoms with E-state index in [2.05, 4.69) is 5.10 Å². The van der Waals surface area contributed by atoms with Gasteiger partial charge in [-0.3, -0.25) is 9.59 Å². The molecule has 2 aromatic rings. The van der Waals surface area contributed by atoms with Gasteiger partial charge in [0.2, 0.25) is 0 Å². The van der Waals surface area contributed by atoms with Crippen molar-refractivity contribution in [2.75, 3.05) is 7.11 Å². The Kier molecular flexibility index (Phi) is 3.43. The Balaban J connectivity index is 1.82. The van der Waals surface area contributed by atoms with Crippen LogP contribution in [0.4, 0.5) is 0 Å². The molecule has 22 heavy (non-hydrogen) atoms. The number of hydrogen-bond donors (Lipinski definition) is 0. The number of benzene rings is 1. The molecule has 1 aliphatic heterocycles. The number of ether oxygens (including phenoxy) is 1. The largest absolute Gasteiger partial charge is 0.381 e. The molecule has 2 heterocycles. The van der Waals surface area contributed by atoms with E-state index in [0.717, 1.165) is 0 Å². The number of imide groups is 1. The lowest BCUT2D eigenvalue weighted by atomic mass is 10.1. The molecular weight excluding hydrogens is 290 g/mol. The van der Waals surface area contributed by atoms with Crippen LogP contribution >= 0.6 is 0 Å². The third-order valence-corrected chi connectivity index (χ3v) is 3.11. The van der Waals surface area contributed by atoms with Gasteiger partial charge in [0.05, 0.1) is 11.1 Å². The van der Waals surface area contributed by atoms with Gasteiger partial charge in [0.15, 0.2) is 5.69 Å². The van der Waals surface area contributed by atoms with Crippen molar-refractivity contribution in [1.82, 2.24) is 14.8 Å². The normalized spacial score (nSPS) is 13.4. The summed E-state index contributed by atoms with van der Waals surface area (Å²) in [4.78, 5) is 41.3. The van der Waals surface area contributed by atoms with Gasteiger partial charge in [-0.05, 0) is 18.2 Å². The molecule has 0 radical (unpaired) electrons. The van der Waals surface area contributed by atoms with Crippen LogP contribution in [0.3, 0.4) is 0 Å². The van der Waals surface area contributed by atoms with Gasteiger partial charge in [-0.15, -0.1) is 0 Å².